The Kier molecular flexibility index (Phi) is 3.36. The molecule has 0 aromatic carbocycles. The van der Waals surface area contributed by atoms with Gasteiger partial charge in [0.1, 0.15) is 28.9 Å². The van der Waals surface area contributed by atoms with Gasteiger partial charge in [-0.25, -0.2) is 29.3 Å². The predicted molar refractivity (Wildman–Crippen MR) is 101 cm³/mol. The van der Waals surface area contributed by atoms with Crippen molar-refractivity contribution in [1.82, 2.24) is 29.5 Å². The number of nitrogens with zero attached hydrogens (tertiary/aromatic N) is 6. The zero-order valence-electron chi connectivity index (χ0n) is 14.9. The Balaban J connectivity index is 1.89. The molecule has 0 radical (unpaired) electrons. The number of anilines is 1. The average Bonchev–Trinajstić information content (AvgIpc) is 3.01. The van der Waals surface area contributed by atoms with Crippen molar-refractivity contribution in [1.29, 1.82) is 0 Å². The molecule has 2 bridgehead atoms. The van der Waals surface area contributed by atoms with Crippen molar-refractivity contribution in [3.63, 3.8) is 0 Å². The number of rotatable bonds is 0. The lowest BCUT2D eigenvalue weighted by Crippen LogP contribution is -2.26. The van der Waals surface area contributed by atoms with Gasteiger partial charge in [-0.05, 0) is 19.1 Å². The zero-order chi connectivity index (χ0) is 18.5. The van der Waals surface area contributed by atoms with E-state index in [0.717, 1.165) is 24.3 Å². The number of imidazole rings is 1. The normalized spacial score (nSPS) is 17.0. The van der Waals surface area contributed by atoms with Gasteiger partial charge in [0.15, 0.2) is 11.5 Å². The summed E-state index contributed by atoms with van der Waals surface area (Å²) in [6.07, 6.45) is 3.88. The predicted octanol–water partition coefficient (Wildman–Crippen LogP) is 1.66. The highest BCUT2D eigenvalue weighted by atomic mass is 16.5. The monoisotopic (exact) mass is 363 g/mol. The van der Waals surface area contributed by atoms with Gasteiger partial charge in [0.25, 0.3) is 0 Å². The summed E-state index contributed by atoms with van der Waals surface area (Å²) in [5.74, 6) is 1.79. The van der Waals surface area contributed by atoms with Crippen molar-refractivity contribution in [3.8, 4) is 11.6 Å². The van der Waals surface area contributed by atoms with Crippen LogP contribution in [0.1, 0.15) is 13.3 Å². The Morgan fingerprint density at radius 1 is 1.22 bits per heavy atom. The van der Waals surface area contributed by atoms with Crippen LogP contribution in [0.2, 0.25) is 0 Å². The average molecular weight is 363 g/mol. The number of nitrogens with one attached hydrogen (secondary N) is 1. The second-order valence-electron chi connectivity index (χ2n) is 6.65. The fraction of sp³-hybridized carbons (Fsp3) is 0.278. The highest BCUT2D eigenvalue weighted by molar-refractivity contribution is 5.87. The maximum atomic E-state index is 12.7. The Bertz CT molecular complexity index is 1230. The molecule has 0 unspecified atom stereocenters. The van der Waals surface area contributed by atoms with Crippen LogP contribution in [0.5, 0.6) is 5.75 Å². The first-order valence-corrected chi connectivity index (χ1v) is 8.71. The van der Waals surface area contributed by atoms with E-state index in [1.54, 1.807) is 18.3 Å². The summed E-state index contributed by atoms with van der Waals surface area (Å²) in [6.45, 7) is 2.75. The number of H-pyrrole nitrogens is 1. The van der Waals surface area contributed by atoms with Crippen molar-refractivity contribution < 1.29 is 4.74 Å². The van der Waals surface area contributed by atoms with E-state index >= 15 is 0 Å². The summed E-state index contributed by atoms with van der Waals surface area (Å²) in [5, 5.41) is 0. The van der Waals surface area contributed by atoms with E-state index in [4.69, 9.17) is 9.72 Å². The molecule has 1 aliphatic heterocycles. The highest BCUT2D eigenvalue weighted by Gasteiger charge is 2.20. The Hall–Kier alpha value is -3.49. The summed E-state index contributed by atoms with van der Waals surface area (Å²) in [4.78, 5) is 35.2. The second-order valence-corrected chi connectivity index (χ2v) is 6.65. The van der Waals surface area contributed by atoms with E-state index in [1.807, 2.05) is 24.9 Å². The van der Waals surface area contributed by atoms with Crippen molar-refractivity contribution in [2.24, 2.45) is 0 Å². The molecule has 5 rings (SSSR count). The molecule has 9 heteroatoms. The van der Waals surface area contributed by atoms with Crippen molar-refractivity contribution in [2.45, 2.75) is 19.4 Å². The largest absolute Gasteiger partial charge is 0.488 e. The van der Waals surface area contributed by atoms with Gasteiger partial charge in [-0.3, -0.25) is 4.98 Å². The molecule has 1 N–H and O–H groups in total. The van der Waals surface area contributed by atoms with Crippen LogP contribution in [0, 0.1) is 0 Å². The van der Waals surface area contributed by atoms with Gasteiger partial charge in [0.05, 0.1) is 11.6 Å². The number of pyridine rings is 2. The number of fused-ring (bicyclic) bond motifs is 2. The van der Waals surface area contributed by atoms with Gasteiger partial charge in [-0.15, -0.1) is 0 Å². The lowest BCUT2D eigenvalue weighted by atomic mass is 10.2. The van der Waals surface area contributed by atoms with Crippen molar-refractivity contribution in [2.75, 3.05) is 18.5 Å². The maximum absolute atomic E-state index is 12.7. The van der Waals surface area contributed by atoms with Crippen LogP contribution >= 0.6 is 0 Å². The summed E-state index contributed by atoms with van der Waals surface area (Å²) >= 11 is 0. The van der Waals surface area contributed by atoms with Crippen molar-refractivity contribution >= 4 is 28.0 Å². The summed E-state index contributed by atoms with van der Waals surface area (Å²) in [5.41, 5.74) is 2.09. The number of ether oxygens (including phenoxy) is 1. The molecular weight excluding hydrogens is 346 g/mol. The summed E-state index contributed by atoms with van der Waals surface area (Å²) < 4.78 is 7.63. The van der Waals surface area contributed by atoms with Gasteiger partial charge in [0.2, 0.25) is 0 Å². The minimum absolute atomic E-state index is 0.0560. The van der Waals surface area contributed by atoms with Crippen LogP contribution in [0.25, 0.3) is 28.0 Å². The third-order valence-corrected chi connectivity index (χ3v) is 4.78. The van der Waals surface area contributed by atoms with E-state index in [1.165, 1.54) is 10.9 Å². The van der Waals surface area contributed by atoms with E-state index in [2.05, 4.69) is 19.9 Å². The van der Waals surface area contributed by atoms with Crippen molar-refractivity contribution in [3.05, 3.63) is 41.2 Å². The lowest BCUT2D eigenvalue weighted by molar-refractivity contribution is 0.215. The lowest BCUT2D eigenvalue weighted by Gasteiger charge is -2.23. The molecule has 0 amide bonds. The first kappa shape index (κ1) is 15.7. The SMILES string of the molecule is C[C@H]1CCN(C)c2ncnc3ccc(nc23)-n2c(=O)[nH]c3nccc(c32)O1. The molecule has 27 heavy (non-hydrogen) atoms. The van der Waals surface area contributed by atoms with Crippen LogP contribution in [0.3, 0.4) is 0 Å². The topological polar surface area (TPSA) is 102 Å². The third-order valence-electron chi connectivity index (χ3n) is 4.78. The quantitative estimate of drug-likeness (QED) is 0.507. The van der Waals surface area contributed by atoms with E-state index in [-0.39, 0.29) is 11.8 Å². The third kappa shape index (κ3) is 2.42. The van der Waals surface area contributed by atoms with Gasteiger partial charge in [-0.1, -0.05) is 0 Å². The minimum atomic E-state index is -0.322. The molecule has 0 fully saturated rings. The van der Waals surface area contributed by atoms with E-state index in [9.17, 15) is 4.79 Å². The molecule has 4 aromatic rings. The van der Waals surface area contributed by atoms with E-state index < -0.39 is 0 Å². The Labute approximate surface area is 153 Å². The number of aromatic nitrogens is 6. The van der Waals surface area contributed by atoms with Crippen LogP contribution in [-0.2, 0) is 0 Å². The van der Waals surface area contributed by atoms with Gasteiger partial charge < -0.3 is 9.64 Å². The summed E-state index contributed by atoms with van der Waals surface area (Å²) in [7, 11) is 1.97. The molecule has 0 saturated heterocycles. The smallest absolute Gasteiger partial charge is 0.333 e. The number of hydrogen-bond donors (Lipinski definition) is 1. The van der Waals surface area contributed by atoms with Crippen LogP contribution in [0.15, 0.2) is 35.5 Å². The molecule has 1 atom stereocenters. The molecule has 1 aliphatic rings. The molecule has 9 nitrogen and oxygen atoms in total. The zero-order valence-corrected chi connectivity index (χ0v) is 14.9. The molecule has 136 valence electrons. The fourth-order valence-corrected chi connectivity index (χ4v) is 3.39. The first-order valence-electron chi connectivity index (χ1n) is 8.71. The van der Waals surface area contributed by atoms with Gasteiger partial charge in [0, 0.05) is 32.3 Å². The Morgan fingerprint density at radius 3 is 3.00 bits per heavy atom. The minimum Gasteiger partial charge on any atom is -0.488 e. The molecule has 0 aliphatic carbocycles. The van der Waals surface area contributed by atoms with Crippen LogP contribution in [-0.4, -0.2) is 49.2 Å². The standard InChI is InChI=1S/C18H17N7O2/c1-10-6-8-24(2)17-14-11(20-9-21-17)3-4-13(22-14)25-15-12(27-10)5-7-19-16(15)23-18(25)26/h3-5,7,9-10H,6,8H2,1-2H3,(H,19,23,26)/t10-/m0/s1. The van der Waals surface area contributed by atoms with E-state index in [0.29, 0.717) is 28.2 Å². The first-order chi connectivity index (χ1) is 13.1. The second kappa shape index (κ2) is 5.76. The highest BCUT2D eigenvalue weighted by Crippen LogP contribution is 2.28. The Morgan fingerprint density at radius 2 is 2.11 bits per heavy atom. The number of hydrogen-bond acceptors (Lipinski definition) is 7. The molecular formula is C18H17N7O2. The molecule has 5 heterocycles. The van der Waals surface area contributed by atoms with Crippen LogP contribution < -0.4 is 15.3 Å². The maximum Gasteiger partial charge on any atom is 0.333 e. The van der Waals surface area contributed by atoms with Gasteiger partial charge in [-0.2, -0.15) is 0 Å². The van der Waals surface area contributed by atoms with Crippen LogP contribution in [0.4, 0.5) is 5.82 Å². The fourth-order valence-electron chi connectivity index (χ4n) is 3.39. The molecule has 0 spiro atoms. The van der Waals surface area contributed by atoms with Gasteiger partial charge >= 0.3 is 5.69 Å². The summed E-state index contributed by atoms with van der Waals surface area (Å²) in [6, 6.07) is 5.38. The molecule has 4 aromatic heterocycles. The number of aromatic amines is 1. The molecule has 0 saturated carbocycles.